The van der Waals surface area contributed by atoms with E-state index < -0.39 is 5.43 Å². The number of phenols is 1. The van der Waals surface area contributed by atoms with E-state index in [0.717, 1.165) is 10.9 Å². The van der Waals surface area contributed by atoms with Crippen molar-refractivity contribution >= 4 is 10.9 Å². The number of aromatic amines is 1. The van der Waals surface area contributed by atoms with E-state index in [1.807, 2.05) is 32.0 Å². The molecule has 1 aromatic carbocycles. The SMILES string of the molecule is COc1ccc2[nH]c3cc(OC(C)C)c(O)c(=O)c-3cc2c1. The van der Waals surface area contributed by atoms with Crippen molar-refractivity contribution in [3.8, 4) is 28.5 Å². The van der Waals surface area contributed by atoms with Gasteiger partial charge in [0.1, 0.15) is 5.75 Å². The van der Waals surface area contributed by atoms with E-state index in [1.54, 1.807) is 19.2 Å². The summed E-state index contributed by atoms with van der Waals surface area (Å²) >= 11 is 0. The van der Waals surface area contributed by atoms with Gasteiger partial charge >= 0.3 is 0 Å². The van der Waals surface area contributed by atoms with Gasteiger partial charge in [-0.05, 0) is 38.1 Å². The van der Waals surface area contributed by atoms with E-state index >= 15 is 0 Å². The maximum atomic E-state index is 12.3. The van der Waals surface area contributed by atoms with E-state index in [4.69, 9.17) is 9.47 Å². The van der Waals surface area contributed by atoms with Crippen molar-refractivity contribution in [1.29, 1.82) is 0 Å². The molecule has 0 spiro atoms. The number of aromatic hydroxyl groups is 1. The van der Waals surface area contributed by atoms with E-state index in [2.05, 4.69) is 4.98 Å². The fourth-order valence-corrected chi connectivity index (χ4v) is 2.43. The molecule has 0 amide bonds. The number of hydrogen-bond donors (Lipinski definition) is 2. The Morgan fingerprint density at radius 2 is 1.95 bits per heavy atom. The molecule has 0 atom stereocenters. The Morgan fingerprint density at radius 1 is 1.18 bits per heavy atom. The zero-order valence-electron chi connectivity index (χ0n) is 12.6. The predicted octanol–water partition coefficient (Wildman–Crippen LogP) is 3.13. The minimum Gasteiger partial charge on any atom is -0.502 e. The van der Waals surface area contributed by atoms with Crippen LogP contribution in [0, 0.1) is 0 Å². The molecule has 5 heteroatoms. The minimum absolute atomic E-state index is 0.132. The van der Waals surface area contributed by atoms with Crippen LogP contribution in [-0.4, -0.2) is 23.3 Å². The second-order valence-corrected chi connectivity index (χ2v) is 5.40. The molecule has 2 aliphatic rings. The summed E-state index contributed by atoms with van der Waals surface area (Å²) in [5.74, 6) is 0.533. The van der Waals surface area contributed by atoms with E-state index in [0.29, 0.717) is 17.0 Å². The van der Waals surface area contributed by atoms with Crippen molar-refractivity contribution in [2.24, 2.45) is 0 Å². The van der Waals surface area contributed by atoms with Gasteiger partial charge in [0, 0.05) is 17.0 Å². The van der Waals surface area contributed by atoms with Gasteiger partial charge in [-0.2, -0.15) is 0 Å². The first kappa shape index (κ1) is 14.3. The van der Waals surface area contributed by atoms with Crippen LogP contribution in [0.5, 0.6) is 17.2 Å². The average molecular weight is 299 g/mol. The first-order chi connectivity index (χ1) is 10.5. The largest absolute Gasteiger partial charge is 0.502 e. The Morgan fingerprint density at radius 3 is 2.64 bits per heavy atom. The van der Waals surface area contributed by atoms with Crippen molar-refractivity contribution in [2.75, 3.05) is 7.11 Å². The fraction of sp³-hybridized carbons (Fsp3) is 0.235. The Kier molecular flexibility index (Phi) is 3.41. The fourth-order valence-electron chi connectivity index (χ4n) is 2.43. The molecule has 1 heterocycles. The third-order valence-corrected chi connectivity index (χ3v) is 3.45. The molecule has 0 saturated heterocycles. The number of pyridine rings is 1. The van der Waals surface area contributed by atoms with Crippen molar-refractivity contribution in [3.63, 3.8) is 0 Å². The quantitative estimate of drug-likeness (QED) is 0.729. The second-order valence-electron chi connectivity index (χ2n) is 5.40. The molecule has 0 fully saturated rings. The first-order valence-corrected chi connectivity index (χ1v) is 7.03. The summed E-state index contributed by atoms with van der Waals surface area (Å²) in [4.78, 5) is 15.5. The van der Waals surface area contributed by atoms with Crippen LogP contribution in [0.1, 0.15) is 13.8 Å². The highest BCUT2D eigenvalue weighted by Crippen LogP contribution is 2.32. The number of hydrogen-bond acceptors (Lipinski definition) is 4. The lowest BCUT2D eigenvalue weighted by atomic mass is 10.0. The van der Waals surface area contributed by atoms with Crippen LogP contribution in [0.2, 0.25) is 0 Å². The summed E-state index contributed by atoms with van der Waals surface area (Å²) in [7, 11) is 1.59. The first-order valence-electron chi connectivity index (χ1n) is 7.03. The van der Waals surface area contributed by atoms with Gasteiger partial charge in [-0.25, -0.2) is 0 Å². The van der Waals surface area contributed by atoms with Crippen molar-refractivity contribution in [3.05, 3.63) is 40.6 Å². The molecule has 1 aliphatic carbocycles. The van der Waals surface area contributed by atoms with E-state index in [9.17, 15) is 9.90 Å². The maximum Gasteiger partial charge on any atom is 0.233 e. The highest BCUT2D eigenvalue weighted by molar-refractivity contribution is 5.87. The van der Waals surface area contributed by atoms with Gasteiger partial charge in [-0.1, -0.05) is 0 Å². The summed E-state index contributed by atoms with van der Waals surface area (Å²) in [6.07, 6.45) is -0.132. The van der Waals surface area contributed by atoms with Crippen molar-refractivity contribution in [1.82, 2.24) is 4.98 Å². The Balaban J connectivity index is 2.29. The zero-order valence-corrected chi connectivity index (χ0v) is 12.6. The maximum absolute atomic E-state index is 12.3. The summed E-state index contributed by atoms with van der Waals surface area (Å²) in [6.45, 7) is 3.68. The highest BCUT2D eigenvalue weighted by atomic mass is 16.5. The molecule has 0 bridgehead atoms. The van der Waals surface area contributed by atoms with Crippen LogP contribution >= 0.6 is 0 Å². The normalized spacial score (nSPS) is 11.3. The molecular formula is C17H17NO4. The van der Waals surface area contributed by atoms with Crippen LogP contribution in [0.4, 0.5) is 0 Å². The molecule has 0 aromatic heterocycles. The number of H-pyrrole nitrogens is 1. The zero-order chi connectivity index (χ0) is 15.9. The third kappa shape index (κ3) is 2.35. The number of nitrogens with one attached hydrogen (secondary N) is 1. The van der Waals surface area contributed by atoms with Gasteiger partial charge in [0.25, 0.3) is 0 Å². The van der Waals surface area contributed by atoms with Crippen LogP contribution in [0.15, 0.2) is 35.1 Å². The Bertz CT molecular complexity index is 867. The van der Waals surface area contributed by atoms with Gasteiger partial charge in [0.15, 0.2) is 5.75 Å². The predicted molar refractivity (Wildman–Crippen MR) is 85.2 cm³/mol. The topological polar surface area (TPSA) is 71.6 Å². The molecule has 22 heavy (non-hydrogen) atoms. The Labute approximate surface area is 127 Å². The standard InChI is InChI=1S/C17H17NO4/c1-9(2)22-15-8-14-12(16(19)17(15)20)7-10-6-11(21-3)4-5-13(10)18-14/h4-9,18,20H,1-3H3. The molecular weight excluding hydrogens is 282 g/mol. The van der Waals surface area contributed by atoms with Crippen LogP contribution in [-0.2, 0) is 0 Å². The van der Waals surface area contributed by atoms with Gasteiger partial charge in [0.05, 0.1) is 24.5 Å². The number of fused-ring (bicyclic) bond motifs is 2. The number of rotatable bonds is 3. The molecule has 2 N–H and O–H groups in total. The molecule has 5 nitrogen and oxygen atoms in total. The van der Waals surface area contributed by atoms with E-state index in [1.165, 1.54) is 0 Å². The summed E-state index contributed by atoms with van der Waals surface area (Å²) in [6, 6.07) is 8.95. The lowest BCUT2D eigenvalue weighted by Gasteiger charge is -2.15. The highest BCUT2D eigenvalue weighted by Gasteiger charge is 2.18. The van der Waals surface area contributed by atoms with E-state index in [-0.39, 0.29) is 17.6 Å². The average Bonchev–Trinajstić information content (AvgIpc) is 2.50. The number of aromatic nitrogens is 1. The molecule has 114 valence electrons. The smallest absolute Gasteiger partial charge is 0.233 e. The molecule has 0 unspecified atom stereocenters. The molecule has 1 aromatic rings. The summed E-state index contributed by atoms with van der Waals surface area (Å²) in [5, 5.41) is 10.9. The summed E-state index contributed by atoms with van der Waals surface area (Å²) in [5.41, 5.74) is 1.45. The third-order valence-electron chi connectivity index (χ3n) is 3.45. The van der Waals surface area contributed by atoms with Crippen LogP contribution in [0.3, 0.4) is 0 Å². The van der Waals surface area contributed by atoms with Gasteiger partial charge < -0.3 is 19.6 Å². The molecule has 1 aliphatic heterocycles. The molecule has 3 rings (SSSR count). The lowest BCUT2D eigenvalue weighted by Crippen LogP contribution is -2.12. The molecule has 0 saturated carbocycles. The number of benzene rings is 2. The number of ether oxygens (including phenoxy) is 2. The Hall–Kier alpha value is -2.69. The van der Waals surface area contributed by atoms with Crippen LogP contribution in [0.25, 0.3) is 22.2 Å². The molecule has 0 radical (unpaired) electrons. The second kappa shape index (κ2) is 5.26. The monoisotopic (exact) mass is 299 g/mol. The minimum atomic E-state index is -0.450. The van der Waals surface area contributed by atoms with Gasteiger partial charge in [-0.3, -0.25) is 4.79 Å². The van der Waals surface area contributed by atoms with Crippen LogP contribution < -0.4 is 14.9 Å². The summed E-state index contributed by atoms with van der Waals surface area (Å²) < 4.78 is 10.7. The van der Waals surface area contributed by atoms with Gasteiger partial charge in [0.2, 0.25) is 11.2 Å². The van der Waals surface area contributed by atoms with Gasteiger partial charge in [-0.15, -0.1) is 0 Å². The van der Waals surface area contributed by atoms with Crippen molar-refractivity contribution < 1.29 is 14.6 Å². The van der Waals surface area contributed by atoms with Crippen molar-refractivity contribution in [2.45, 2.75) is 20.0 Å². The lowest BCUT2D eigenvalue weighted by molar-refractivity contribution is 0.231. The number of phenolic OH excluding ortho intramolecular Hbond substituents is 1. The number of methoxy groups -OCH3 is 1.